The van der Waals surface area contributed by atoms with Gasteiger partial charge in [0.15, 0.2) is 8.32 Å². The van der Waals surface area contributed by atoms with Crippen LogP contribution in [0, 0.1) is 0 Å². The van der Waals surface area contributed by atoms with Crippen molar-refractivity contribution in [1.29, 1.82) is 0 Å². The second-order valence-corrected chi connectivity index (χ2v) is 14.4. The lowest BCUT2D eigenvalue weighted by atomic mass is 9.92. The SMILES string of the molecule is C=C[C@@H](O[Si](C)(C)C(C)(C)C)[C@H](OCOC)[C@H]1CC(=O)CCN1Cc1ccccc1. The number of piperidine rings is 1. The third-order valence-corrected chi connectivity index (χ3v) is 10.8. The zero-order valence-corrected chi connectivity index (χ0v) is 20.5. The molecule has 0 spiro atoms. The van der Waals surface area contributed by atoms with Crippen LogP contribution in [0.3, 0.4) is 0 Å². The summed E-state index contributed by atoms with van der Waals surface area (Å²) in [4.78, 5) is 14.8. The van der Waals surface area contributed by atoms with Crippen LogP contribution in [0.15, 0.2) is 43.0 Å². The largest absolute Gasteiger partial charge is 0.408 e. The van der Waals surface area contributed by atoms with Crippen molar-refractivity contribution >= 4 is 14.1 Å². The number of ketones is 1. The van der Waals surface area contributed by atoms with E-state index in [2.05, 4.69) is 57.5 Å². The summed E-state index contributed by atoms with van der Waals surface area (Å²) < 4.78 is 18.1. The molecule has 1 heterocycles. The molecule has 1 aromatic rings. The number of benzene rings is 1. The molecule has 0 N–H and O–H groups in total. The Kier molecular flexibility index (Phi) is 9.00. The molecular formula is C24H39NO4Si. The Morgan fingerprint density at radius 2 is 1.93 bits per heavy atom. The smallest absolute Gasteiger partial charge is 0.193 e. The zero-order valence-electron chi connectivity index (χ0n) is 19.5. The number of hydrogen-bond acceptors (Lipinski definition) is 5. The van der Waals surface area contributed by atoms with Gasteiger partial charge in [-0.2, -0.15) is 0 Å². The van der Waals surface area contributed by atoms with E-state index < -0.39 is 8.32 Å². The predicted molar refractivity (Wildman–Crippen MR) is 124 cm³/mol. The molecule has 1 aromatic carbocycles. The molecule has 2 rings (SSSR count). The van der Waals surface area contributed by atoms with Gasteiger partial charge in [0, 0.05) is 39.1 Å². The fourth-order valence-corrected chi connectivity index (χ4v) is 4.84. The molecule has 1 fully saturated rings. The highest BCUT2D eigenvalue weighted by molar-refractivity contribution is 6.74. The van der Waals surface area contributed by atoms with Crippen molar-refractivity contribution in [2.75, 3.05) is 20.4 Å². The van der Waals surface area contributed by atoms with Gasteiger partial charge in [0.05, 0.1) is 6.10 Å². The summed E-state index contributed by atoms with van der Waals surface area (Å²) in [5.74, 6) is 0.269. The summed E-state index contributed by atoms with van der Waals surface area (Å²) in [6, 6.07) is 10.3. The van der Waals surface area contributed by atoms with Crippen LogP contribution in [-0.4, -0.2) is 57.7 Å². The maximum absolute atomic E-state index is 12.4. The van der Waals surface area contributed by atoms with Crippen LogP contribution in [0.25, 0.3) is 0 Å². The molecule has 0 radical (unpaired) electrons. The number of likely N-dealkylation sites (tertiary alicyclic amines) is 1. The molecular weight excluding hydrogens is 394 g/mol. The van der Waals surface area contributed by atoms with Crippen molar-refractivity contribution in [3.8, 4) is 0 Å². The second kappa shape index (κ2) is 10.8. The fourth-order valence-electron chi connectivity index (χ4n) is 3.57. The molecule has 0 aliphatic carbocycles. The third-order valence-electron chi connectivity index (χ3n) is 6.36. The Bertz CT molecular complexity index is 686. The minimum atomic E-state index is -2.06. The average Bonchev–Trinajstić information content (AvgIpc) is 2.69. The summed E-state index contributed by atoms with van der Waals surface area (Å²) in [5.41, 5.74) is 1.22. The number of hydrogen-bond donors (Lipinski definition) is 0. The highest BCUT2D eigenvalue weighted by Gasteiger charge is 2.44. The summed E-state index contributed by atoms with van der Waals surface area (Å²) >= 11 is 0. The normalized spacial score (nSPS) is 20.7. The molecule has 6 heteroatoms. The van der Waals surface area contributed by atoms with Gasteiger partial charge < -0.3 is 13.9 Å². The van der Waals surface area contributed by atoms with Crippen molar-refractivity contribution in [2.24, 2.45) is 0 Å². The first-order valence-electron chi connectivity index (χ1n) is 10.8. The number of rotatable bonds is 10. The first kappa shape index (κ1) is 25.0. The lowest BCUT2D eigenvalue weighted by Gasteiger charge is -2.45. The van der Waals surface area contributed by atoms with Crippen molar-refractivity contribution in [1.82, 2.24) is 4.90 Å². The molecule has 1 aliphatic heterocycles. The number of carbonyl (C=O) groups is 1. The fraction of sp³-hybridized carbons (Fsp3) is 0.625. The van der Waals surface area contributed by atoms with Gasteiger partial charge >= 0.3 is 0 Å². The van der Waals surface area contributed by atoms with Crippen LogP contribution in [0.2, 0.25) is 18.1 Å². The van der Waals surface area contributed by atoms with E-state index in [1.54, 1.807) is 7.11 Å². The van der Waals surface area contributed by atoms with Gasteiger partial charge in [0.1, 0.15) is 18.7 Å². The zero-order chi connectivity index (χ0) is 22.4. The van der Waals surface area contributed by atoms with E-state index in [9.17, 15) is 4.79 Å². The van der Waals surface area contributed by atoms with E-state index in [4.69, 9.17) is 13.9 Å². The number of Topliss-reactive ketones (excluding diaryl/α,β-unsaturated/α-hetero) is 1. The molecule has 0 saturated carbocycles. The predicted octanol–water partition coefficient (Wildman–Crippen LogP) is 4.79. The van der Waals surface area contributed by atoms with Crippen molar-refractivity contribution < 1.29 is 18.7 Å². The minimum Gasteiger partial charge on any atom is -0.408 e. The standard InChI is InChI=1S/C24H39NO4Si/c1-8-22(29-30(6,7)24(2,3)4)23(28-18-27-5)21-16-20(26)14-15-25(21)17-19-12-10-9-11-13-19/h8-13,21-23H,1,14-18H2,2-7H3/t21-,22-,23-/m1/s1. The van der Waals surface area contributed by atoms with E-state index in [1.807, 2.05) is 24.3 Å². The summed E-state index contributed by atoms with van der Waals surface area (Å²) in [6.07, 6.45) is 2.22. The van der Waals surface area contributed by atoms with Gasteiger partial charge in [-0.1, -0.05) is 57.2 Å². The number of ether oxygens (including phenoxy) is 2. The molecule has 1 aliphatic rings. The van der Waals surface area contributed by atoms with Crippen LogP contribution in [0.1, 0.15) is 39.2 Å². The molecule has 30 heavy (non-hydrogen) atoms. The Morgan fingerprint density at radius 3 is 2.50 bits per heavy atom. The first-order chi connectivity index (χ1) is 14.1. The van der Waals surface area contributed by atoms with Gasteiger partial charge in [0.2, 0.25) is 0 Å². The van der Waals surface area contributed by atoms with E-state index in [0.717, 1.165) is 13.1 Å². The van der Waals surface area contributed by atoms with Crippen molar-refractivity contribution in [2.45, 2.75) is 76.5 Å². The van der Waals surface area contributed by atoms with Crippen LogP contribution in [-0.2, 0) is 25.2 Å². The Morgan fingerprint density at radius 1 is 1.27 bits per heavy atom. The molecule has 1 saturated heterocycles. The van der Waals surface area contributed by atoms with E-state index in [-0.39, 0.29) is 35.9 Å². The monoisotopic (exact) mass is 433 g/mol. The minimum absolute atomic E-state index is 0.0617. The molecule has 0 amide bonds. The molecule has 168 valence electrons. The Balaban J connectivity index is 2.31. The maximum atomic E-state index is 12.4. The van der Waals surface area contributed by atoms with Gasteiger partial charge in [0.25, 0.3) is 0 Å². The molecule has 0 bridgehead atoms. The van der Waals surface area contributed by atoms with Gasteiger partial charge in [-0.25, -0.2) is 0 Å². The lowest BCUT2D eigenvalue weighted by molar-refractivity contribution is -0.144. The lowest BCUT2D eigenvalue weighted by Crippen LogP contribution is -2.56. The molecule has 0 aromatic heterocycles. The number of nitrogens with zero attached hydrogens (tertiary/aromatic N) is 1. The Hall–Kier alpha value is -1.31. The second-order valence-electron chi connectivity index (χ2n) is 9.63. The van der Waals surface area contributed by atoms with Crippen molar-refractivity contribution in [3.63, 3.8) is 0 Å². The quantitative estimate of drug-likeness (QED) is 0.302. The van der Waals surface area contributed by atoms with Gasteiger partial charge in [-0.05, 0) is 23.7 Å². The number of methoxy groups -OCH3 is 1. The first-order valence-corrected chi connectivity index (χ1v) is 13.7. The number of carbonyl (C=O) groups excluding carboxylic acids is 1. The summed E-state index contributed by atoms with van der Waals surface area (Å²) in [5, 5.41) is 0.0617. The third kappa shape index (κ3) is 6.59. The van der Waals surface area contributed by atoms with Crippen LogP contribution in [0.4, 0.5) is 0 Å². The summed E-state index contributed by atoms with van der Waals surface area (Å²) in [6.45, 7) is 16.8. The molecule has 3 atom stereocenters. The topological polar surface area (TPSA) is 48.0 Å². The van der Waals surface area contributed by atoms with Crippen LogP contribution >= 0.6 is 0 Å². The molecule has 5 nitrogen and oxygen atoms in total. The Labute approximate surface area is 183 Å². The summed E-state index contributed by atoms with van der Waals surface area (Å²) in [7, 11) is -0.450. The van der Waals surface area contributed by atoms with E-state index in [1.165, 1.54) is 5.56 Å². The van der Waals surface area contributed by atoms with Gasteiger partial charge in [-0.3, -0.25) is 9.69 Å². The maximum Gasteiger partial charge on any atom is 0.193 e. The van der Waals surface area contributed by atoms with E-state index in [0.29, 0.717) is 12.8 Å². The van der Waals surface area contributed by atoms with Crippen LogP contribution in [0.5, 0.6) is 0 Å². The average molecular weight is 434 g/mol. The van der Waals surface area contributed by atoms with E-state index >= 15 is 0 Å². The highest BCUT2D eigenvalue weighted by Crippen LogP contribution is 2.38. The molecule has 0 unspecified atom stereocenters. The van der Waals surface area contributed by atoms with Gasteiger partial charge in [-0.15, -0.1) is 6.58 Å². The highest BCUT2D eigenvalue weighted by atomic mass is 28.4. The van der Waals surface area contributed by atoms with Crippen molar-refractivity contribution in [3.05, 3.63) is 48.6 Å². The van der Waals surface area contributed by atoms with Crippen LogP contribution < -0.4 is 0 Å².